The van der Waals surface area contributed by atoms with Crippen molar-refractivity contribution in [1.82, 2.24) is 0 Å². The van der Waals surface area contributed by atoms with Crippen molar-refractivity contribution in [1.29, 1.82) is 0 Å². The second-order valence-corrected chi connectivity index (χ2v) is 5.27. The van der Waals surface area contributed by atoms with Crippen molar-refractivity contribution in [2.45, 2.75) is 27.7 Å². The van der Waals surface area contributed by atoms with Gasteiger partial charge >= 0.3 is 75.2 Å². The molecule has 76 valence electrons. The Hall–Kier alpha value is 0.310. The molecule has 0 aliphatic carbocycles. The topological polar surface area (TPSA) is 27.7 Å². The molecule has 0 aliphatic heterocycles. The molecule has 0 radical (unpaired) electrons. The van der Waals surface area contributed by atoms with Crippen LogP contribution in [0.25, 0.3) is 0 Å². The Bertz CT molecular complexity index is 91.5. The zero-order valence-electron chi connectivity index (χ0n) is 8.55. The Morgan fingerprint density at radius 2 is 1.08 bits per heavy atom. The van der Waals surface area contributed by atoms with Crippen molar-refractivity contribution in [3.05, 3.63) is 0 Å². The predicted molar refractivity (Wildman–Crippen MR) is 53.7 cm³/mol. The summed E-state index contributed by atoms with van der Waals surface area (Å²) in [7, 11) is -2.27. The molecule has 0 aromatic heterocycles. The van der Waals surface area contributed by atoms with Gasteiger partial charge in [0.25, 0.3) is 0 Å². The third-order valence-electron chi connectivity index (χ3n) is 1.53. The molecule has 0 aromatic carbocycles. The molecular weight excluding hydrogens is 175 g/mol. The van der Waals surface area contributed by atoms with Gasteiger partial charge in [0.2, 0.25) is 0 Å². The van der Waals surface area contributed by atoms with Crippen molar-refractivity contribution in [2.75, 3.05) is 26.0 Å². The van der Waals surface area contributed by atoms with E-state index in [9.17, 15) is 0 Å². The van der Waals surface area contributed by atoms with Gasteiger partial charge in [-0.25, -0.2) is 0 Å². The van der Waals surface area contributed by atoms with E-state index in [1.54, 1.807) is 0 Å². The van der Waals surface area contributed by atoms with Crippen LogP contribution >= 0.6 is 7.94 Å². The van der Waals surface area contributed by atoms with Crippen molar-refractivity contribution < 1.29 is 13.6 Å². The molecule has 12 heavy (non-hydrogen) atoms. The van der Waals surface area contributed by atoms with Crippen LogP contribution in [0.15, 0.2) is 0 Å². The van der Waals surface area contributed by atoms with Crippen molar-refractivity contribution in [3.63, 3.8) is 0 Å². The molecule has 0 unspecified atom stereocenters. The van der Waals surface area contributed by atoms with Crippen LogP contribution in [0.2, 0.25) is 0 Å². The first kappa shape index (κ1) is 12.3. The van der Waals surface area contributed by atoms with E-state index in [0.29, 0.717) is 19.8 Å². The molecular formula is C8H21O3P. The Morgan fingerprint density at radius 1 is 0.750 bits per heavy atom. The molecule has 0 amide bonds. The van der Waals surface area contributed by atoms with Gasteiger partial charge in [0.15, 0.2) is 0 Å². The summed E-state index contributed by atoms with van der Waals surface area (Å²) in [6.45, 7) is 9.95. The maximum absolute atomic E-state index is 5.55. The van der Waals surface area contributed by atoms with Crippen LogP contribution in [-0.2, 0) is 13.6 Å². The number of rotatable bonds is 7. The summed E-state index contributed by atoms with van der Waals surface area (Å²) in [5, 5.41) is 0. The Labute approximate surface area is 76.0 Å². The number of hydrogen-bond donors (Lipinski definition) is 0. The average molecular weight is 196 g/mol. The predicted octanol–water partition coefficient (Wildman–Crippen LogP) is 2.61. The molecule has 0 atom stereocenters. The molecule has 0 rings (SSSR count). The summed E-state index contributed by atoms with van der Waals surface area (Å²) in [4.78, 5) is 0. The Morgan fingerprint density at radius 3 is 1.25 bits per heavy atom. The van der Waals surface area contributed by atoms with E-state index >= 15 is 0 Å². The van der Waals surface area contributed by atoms with Gasteiger partial charge in [0, 0.05) is 0 Å². The van der Waals surface area contributed by atoms with E-state index in [4.69, 9.17) is 13.6 Å². The fourth-order valence-electron chi connectivity index (χ4n) is 1.09. The van der Waals surface area contributed by atoms with Gasteiger partial charge in [-0.1, -0.05) is 0 Å². The third kappa shape index (κ3) is 3.81. The van der Waals surface area contributed by atoms with Gasteiger partial charge in [0.05, 0.1) is 0 Å². The van der Waals surface area contributed by atoms with Gasteiger partial charge < -0.3 is 0 Å². The fraction of sp³-hybridized carbons (Fsp3) is 1.00. The van der Waals surface area contributed by atoms with Crippen LogP contribution in [0.5, 0.6) is 0 Å². The standard InChI is InChI=1S/C8H21O3P/c1-5-9-12(8-4,10-6-2)11-7-3/h12H,5-8H2,1-4H3. The zero-order valence-corrected chi connectivity index (χ0v) is 9.55. The van der Waals surface area contributed by atoms with Crippen molar-refractivity contribution >= 4 is 7.94 Å². The van der Waals surface area contributed by atoms with Crippen LogP contribution in [-0.4, -0.2) is 26.0 Å². The molecule has 0 saturated heterocycles. The van der Waals surface area contributed by atoms with E-state index in [-0.39, 0.29) is 0 Å². The molecule has 0 aromatic rings. The molecule has 0 fully saturated rings. The van der Waals surface area contributed by atoms with Crippen LogP contribution in [0.3, 0.4) is 0 Å². The second-order valence-electron chi connectivity index (χ2n) is 2.34. The molecule has 0 aliphatic rings. The van der Waals surface area contributed by atoms with E-state index in [2.05, 4.69) is 0 Å². The molecule has 3 nitrogen and oxygen atoms in total. The first-order valence-corrected chi connectivity index (χ1v) is 6.59. The minimum atomic E-state index is -2.27. The first-order chi connectivity index (χ1) is 5.74. The van der Waals surface area contributed by atoms with E-state index in [0.717, 1.165) is 6.16 Å². The molecule has 0 bridgehead atoms. The molecule has 0 N–H and O–H groups in total. The summed E-state index contributed by atoms with van der Waals surface area (Å²) in [6.07, 6.45) is 0.850. The SMILES string of the molecule is CCO[PH](CC)(OCC)OCC. The van der Waals surface area contributed by atoms with Gasteiger partial charge in [-0.3, -0.25) is 0 Å². The molecule has 4 heteroatoms. The summed E-state index contributed by atoms with van der Waals surface area (Å²) in [5.41, 5.74) is 0. The van der Waals surface area contributed by atoms with Crippen LogP contribution in [0.4, 0.5) is 0 Å². The van der Waals surface area contributed by atoms with Gasteiger partial charge in [-0.15, -0.1) is 0 Å². The average Bonchev–Trinajstić information content (AvgIpc) is 2.06. The number of hydrogen-bond acceptors (Lipinski definition) is 3. The van der Waals surface area contributed by atoms with Crippen LogP contribution in [0.1, 0.15) is 27.7 Å². The normalized spacial score (nSPS) is 13.3. The van der Waals surface area contributed by atoms with E-state index < -0.39 is 7.94 Å². The maximum atomic E-state index is 5.55. The Balaban J connectivity index is 4.06. The third-order valence-corrected chi connectivity index (χ3v) is 4.58. The van der Waals surface area contributed by atoms with Crippen molar-refractivity contribution in [3.8, 4) is 0 Å². The van der Waals surface area contributed by atoms with E-state index in [1.807, 2.05) is 27.7 Å². The van der Waals surface area contributed by atoms with Gasteiger partial charge in [0.1, 0.15) is 0 Å². The summed E-state index contributed by atoms with van der Waals surface area (Å²) in [6, 6.07) is 0. The second kappa shape index (κ2) is 6.79. The van der Waals surface area contributed by atoms with Gasteiger partial charge in [-0.2, -0.15) is 0 Å². The molecule has 0 saturated carbocycles. The zero-order chi connectivity index (χ0) is 9.45. The summed E-state index contributed by atoms with van der Waals surface area (Å²) < 4.78 is 16.7. The molecule has 0 heterocycles. The monoisotopic (exact) mass is 196 g/mol. The van der Waals surface area contributed by atoms with Crippen LogP contribution in [0, 0.1) is 0 Å². The first-order valence-electron chi connectivity index (χ1n) is 4.66. The van der Waals surface area contributed by atoms with Crippen molar-refractivity contribution in [2.24, 2.45) is 0 Å². The fourth-order valence-corrected chi connectivity index (χ4v) is 3.27. The van der Waals surface area contributed by atoms with Crippen LogP contribution < -0.4 is 0 Å². The van der Waals surface area contributed by atoms with E-state index in [1.165, 1.54) is 0 Å². The minimum absolute atomic E-state index is 0.667. The summed E-state index contributed by atoms with van der Waals surface area (Å²) >= 11 is 0. The quantitative estimate of drug-likeness (QED) is 0.586. The molecule has 0 spiro atoms. The Kier molecular flexibility index (Phi) is 6.96. The summed E-state index contributed by atoms with van der Waals surface area (Å²) in [5.74, 6) is 0. The van der Waals surface area contributed by atoms with Gasteiger partial charge in [-0.05, 0) is 0 Å².